The van der Waals surface area contributed by atoms with Crippen molar-refractivity contribution in [3.8, 4) is 5.75 Å². The van der Waals surface area contributed by atoms with Gasteiger partial charge in [0.25, 0.3) is 5.91 Å². The zero-order valence-electron chi connectivity index (χ0n) is 19.2. The van der Waals surface area contributed by atoms with E-state index in [1.54, 1.807) is 12.1 Å². The lowest BCUT2D eigenvalue weighted by molar-refractivity contribution is -0.134. The molecule has 1 amide bonds. The van der Waals surface area contributed by atoms with Gasteiger partial charge in [0.15, 0.2) is 0 Å². The maximum Gasteiger partial charge on any atom is 0.257 e. The fourth-order valence-corrected chi connectivity index (χ4v) is 5.05. The van der Waals surface area contributed by atoms with Gasteiger partial charge in [0.05, 0.1) is 31.4 Å². The Morgan fingerprint density at radius 1 is 1.03 bits per heavy atom. The third-order valence-electron chi connectivity index (χ3n) is 6.80. The van der Waals surface area contributed by atoms with Crippen molar-refractivity contribution >= 4 is 11.6 Å². The zero-order chi connectivity index (χ0) is 22.8. The molecule has 2 aromatic carbocycles. The molecule has 0 N–H and O–H groups in total. The van der Waals surface area contributed by atoms with Crippen LogP contribution in [-0.4, -0.2) is 46.3 Å². The number of rotatable bonds is 6. The van der Waals surface area contributed by atoms with Crippen LogP contribution < -0.4 is 4.74 Å². The first-order valence-electron chi connectivity index (χ1n) is 11.6. The van der Waals surface area contributed by atoms with Gasteiger partial charge in [-0.1, -0.05) is 42.5 Å². The summed E-state index contributed by atoms with van der Waals surface area (Å²) >= 11 is 0. The van der Waals surface area contributed by atoms with Crippen molar-refractivity contribution in [1.29, 1.82) is 0 Å². The van der Waals surface area contributed by atoms with Crippen molar-refractivity contribution in [1.82, 2.24) is 14.5 Å². The Labute approximate surface area is 195 Å². The minimum absolute atomic E-state index is 0.0443. The molecule has 0 bridgehead atoms. The number of nitrogens with zero attached hydrogens (tertiary/aromatic N) is 4. The summed E-state index contributed by atoms with van der Waals surface area (Å²) in [5.74, 6) is 0.851. The van der Waals surface area contributed by atoms with Gasteiger partial charge in [0.2, 0.25) is 0 Å². The number of methoxy groups -OCH3 is 1. The molecule has 2 atom stereocenters. The fraction of sp³-hybridized carbons (Fsp3) is 0.333. The van der Waals surface area contributed by atoms with Crippen LogP contribution in [0.3, 0.4) is 0 Å². The summed E-state index contributed by atoms with van der Waals surface area (Å²) in [5.41, 5.74) is 4.35. The number of hydrogen-bond donors (Lipinski definition) is 0. The Kier molecular flexibility index (Phi) is 6.01. The summed E-state index contributed by atoms with van der Waals surface area (Å²) in [6, 6.07) is 22.5. The van der Waals surface area contributed by atoms with Crippen molar-refractivity contribution in [3.63, 3.8) is 0 Å². The van der Waals surface area contributed by atoms with Gasteiger partial charge >= 0.3 is 0 Å². The molecule has 2 aliphatic rings. The predicted molar refractivity (Wildman–Crippen MR) is 129 cm³/mol. The summed E-state index contributed by atoms with van der Waals surface area (Å²) in [4.78, 5) is 15.9. The van der Waals surface area contributed by atoms with Crippen LogP contribution in [0.5, 0.6) is 5.75 Å². The van der Waals surface area contributed by atoms with E-state index >= 15 is 0 Å². The van der Waals surface area contributed by atoms with Gasteiger partial charge in [-0.05, 0) is 54.8 Å². The van der Waals surface area contributed by atoms with E-state index < -0.39 is 0 Å². The van der Waals surface area contributed by atoms with E-state index in [4.69, 9.17) is 9.84 Å². The summed E-state index contributed by atoms with van der Waals surface area (Å²) in [6.45, 7) is 1.30. The summed E-state index contributed by atoms with van der Waals surface area (Å²) in [6.07, 6.45) is 4.95. The Bertz CT molecular complexity index is 1140. The summed E-state index contributed by atoms with van der Waals surface area (Å²) in [5, 5.41) is 6.56. The van der Waals surface area contributed by atoms with Crippen LogP contribution in [0, 0.1) is 0 Å². The normalized spacial score (nSPS) is 20.8. The molecule has 3 aromatic rings. The van der Waals surface area contributed by atoms with Crippen LogP contribution in [0.25, 0.3) is 0 Å². The van der Waals surface area contributed by atoms with E-state index in [1.807, 2.05) is 42.5 Å². The highest BCUT2D eigenvalue weighted by molar-refractivity contribution is 6.03. The van der Waals surface area contributed by atoms with Crippen LogP contribution in [0.4, 0.5) is 0 Å². The standard InChI is InChI=1S/C27H30N4O2/c1-29-16-6-10-24(29)25-11-7-17-30(25)19-27(32)31-26(21-12-14-22(33-2)15-13-21)18-23(28-31)20-8-4-3-5-9-20/h3-6,8-10,12-16,25-26H,7,11,17-19H2,1-2H3/t25-,26+/m0/s1. The second-order valence-electron chi connectivity index (χ2n) is 8.82. The summed E-state index contributed by atoms with van der Waals surface area (Å²) < 4.78 is 7.49. The number of carbonyl (C=O) groups is 1. The maximum atomic E-state index is 13.6. The lowest BCUT2D eigenvalue weighted by atomic mass is 9.98. The Morgan fingerprint density at radius 3 is 2.52 bits per heavy atom. The lowest BCUT2D eigenvalue weighted by Crippen LogP contribution is -2.38. The van der Waals surface area contributed by atoms with Crippen molar-refractivity contribution in [2.24, 2.45) is 12.1 Å². The largest absolute Gasteiger partial charge is 0.497 e. The highest BCUT2D eigenvalue weighted by atomic mass is 16.5. The second-order valence-corrected chi connectivity index (χ2v) is 8.82. The number of likely N-dealkylation sites (tertiary alicyclic amines) is 1. The molecule has 5 rings (SSSR count). The molecule has 3 heterocycles. The highest BCUT2D eigenvalue weighted by Gasteiger charge is 2.36. The zero-order valence-corrected chi connectivity index (χ0v) is 19.2. The molecule has 0 radical (unpaired) electrons. The number of aromatic nitrogens is 1. The third-order valence-corrected chi connectivity index (χ3v) is 6.80. The second kappa shape index (κ2) is 9.24. The molecule has 0 unspecified atom stereocenters. The number of aryl methyl sites for hydroxylation is 1. The average Bonchev–Trinajstić information content (AvgIpc) is 3.59. The Morgan fingerprint density at radius 2 is 1.82 bits per heavy atom. The molecule has 170 valence electrons. The summed E-state index contributed by atoms with van der Waals surface area (Å²) in [7, 11) is 3.74. The van der Waals surface area contributed by atoms with Crippen molar-refractivity contribution in [3.05, 3.63) is 89.7 Å². The van der Waals surface area contributed by atoms with Crippen LogP contribution in [0.1, 0.15) is 48.2 Å². The molecule has 1 saturated heterocycles. The van der Waals surface area contributed by atoms with E-state index in [9.17, 15) is 4.79 Å². The average molecular weight is 443 g/mol. The molecule has 1 aromatic heterocycles. The molecule has 2 aliphatic heterocycles. The van der Waals surface area contributed by atoms with Gasteiger partial charge in [-0.15, -0.1) is 0 Å². The van der Waals surface area contributed by atoms with Gasteiger partial charge in [-0.25, -0.2) is 5.01 Å². The maximum absolute atomic E-state index is 13.6. The lowest BCUT2D eigenvalue weighted by Gasteiger charge is -2.28. The molecule has 0 saturated carbocycles. The Hall–Kier alpha value is -3.38. The monoisotopic (exact) mass is 442 g/mol. The first kappa shape index (κ1) is 21.5. The predicted octanol–water partition coefficient (Wildman–Crippen LogP) is 4.55. The van der Waals surface area contributed by atoms with E-state index in [0.717, 1.165) is 42.0 Å². The first-order valence-corrected chi connectivity index (χ1v) is 11.6. The minimum atomic E-state index is -0.116. The number of hydrogen-bond acceptors (Lipinski definition) is 4. The molecule has 6 nitrogen and oxygen atoms in total. The number of ether oxygens (including phenoxy) is 1. The van der Waals surface area contributed by atoms with E-state index in [1.165, 1.54) is 5.69 Å². The van der Waals surface area contributed by atoms with Gasteiger partial charge in [0, 0.05) is 25.4 Å². The van der Waals surface area contributed by atoms with Crippen molar-refractivity contribution < 1.29 is 9.53 Å². The quantitative estimate of drug-likeness (QED) is 0.563. The van der Waals surface area contributed by atoms with Gasteiger partial charge < -0.3 is 9.30 Å². The molecule has 6 heteroatoms. The molecule has 1 fully saturated rings. The third kappa shape index (κ3) is 4.31. The van der Waals surface area contributed by atoms with Crippen LogP contribution >= 0.6 is 0 Å². The topological polar surface area (TPSA) is 50.1 Å². The molecule has 0 spiro atoms. The van der Waals surface area contributed by atoms with E-state index in [-0.39, 0.29) is 18.0 Å². The molecule has 33 heavy (non-hydrogen) atoms. The highest BCUT2D eigenvalue weighted by Crippen LogP contribution is 2.36. The van der Waals surface area contributed by atoms with Crippen LogP contribution in [0.2, 0.25) is 0 Å². The molecular weight excluding hydrogens is 412 g/mol. The van der Waals surface area contributed by atoms with Crippen LogP contribution in [-0.2, 0) is 11.8 Å². The fourth-order valence-electron chi connectivity index (χ4n) is 5.05. The molecular formula is C27H30N4O2. The van der Waals surface area contributed by atoms with Crippen molar-refractivity contribution in [2.75, 3.05) is 20.2 Å². The number of hydrazone groups is 1. The van der Waals surface area contributed by atoms with E-state index in [2.05, 4.69) is 47.0 Å². The number of benzene rings is 2. The van der Waals surface area contributed by atoms with Crippen LogP contribution in [0.15, 0.2) is 78.0 Å². The van der Waals surface area contributed by atoms with Gasteiger partial charge in [0.1, 0.15) is 5.75 Å². The first-order chi connectivity index (χ1) is 16.1. The Balaban J connectivity index is 1.41. The number of amides is 1. The van der Waals surface area contributed by atoms with E-state index in [0.29, 0.717) is 13.0 Å². The minimum Gasteiger partial charge on any atom is -0.497 e. The van der Waals surface area contributed by atoms with Crippen molar-refractivity contribution in [2.45, 2.75) is 31.3 Å². The smallest absolute Gasteiger partial charge is 0.257 e. The molecule has 0 aliphatic carbocycles. The van der Waals surface area contributed by atoms with Gasteiger partial charge in [-0.2, -0.15) is 5.10 Å². The number of carbonyl (C=O) groups excluding carboxylic acids is 1. The SMILES string of the molecule is COc1ccc([C@H]2CC(c3ccccc3)=NN2C(=O)CN2CCC[C@H]2c2cccn2C)cc1. The van der Waals surface area contributed by atoms with Gasteiger partial charge in [-0.3, -0.25) is 9.69 Å².